The minimum atomic E-state index is -0.988. The van der Waals surface area contributed by atoms with Gasteiger partial charge < -0.3 is 31.1 Å². The molecular formula is C18H22N6O4. The average molecular weight is 386 g/mol. The summed E-state index contributed by atoms with van der Waals surface area (Å²) in [4.78, 5) is 12.8. The number of benzene rings is 1. The van der Waals surface area contributed by atoms with E-state index < -0.39 is 24.7 Å². The topological polar surface area (TPSA) is 152 Å². The predicted octanol–water partition coefficient (Wildman–Crippen LogP) is 0.0287. The summed E-state index contributed by atoms with van der Waals surface area (Å²) in [5, 5.41) is 32.7. The number of aliphatic hydroxyl groups excluding tert-OH is 3. The molecule has 3 heterocycles. The fraction of sp³-hybridized carbons (Fsp3) is 0.389. The molecular weight excluding hydrogens is 364 g/mol. The van der Waals surface area contributed by atoms with Gasteiger partial charge in [0.15, 0.2) is 23.2 Å². The third kappa shape index (κ3) is 3.43. The van der Waals surface area contributed by atoms with Crippen LogP contribution >= 0.6 is 0 Å². The van der Waals surface area contributed by atoms with E-state index in [9.17, 15) is 15.3 Å². The van der Waals surface area contributed by atoms with Crippen molar-refractivity contribution in [2.75, 3.05) is 11.9 Å². The maximum atomic E-state index is 10.5. The summed E-state index contributed by atoms with van der Waals surface area (Å²) in [7, 11) is 0. The largest absolute Gasteiger partial charge is 0.394 e. The van der Waals surface area contributed by atoms with Gasteiger partial charge in [0.2, 0.25) is 0 Å². The highest BCUT2D eigenvalue weighted by molar-refractivity contribution is 5.82. The van der Waals surface area contributed by atoms with Crippen molar-refractivity contribution >= 4 is 17.0 Å². The van der Waals surface area contributed by atoms with Gasteiger partial charge in [0, 0.05) is 18.5 Å². The molecule has 4 rings (SSSR count). The van der Waals surface area contributed by atoms with Crippen molar-refractivity contribution in [1.82, 2.24) is 19.5 Å². The maximum Gasteiger partial charge on any atom is 0.167 e. The molecule has 2 unspecified atom stereocenters. The van der Waals surface area contributed by atoms with E-state index >= 15 is 0 Å². The van der Waals surface area contributed by atoms with Crippen LogP contribution in [0, 0.1) is 0 Å². The number of hydrogen-bond acceptors (Lipinski definition) is 9. The van der Waals surface area contributed by atoms with Crippen molar-refractivity contribution in [3.8, 4) is 0 Å². The van der Waals surface area contributed by atoms with Crippen molar-refractivity contribution in [2.24, 2.45) is 5.73 Å². The van der Waals surface area contributed by atoms with Crippen LogP contribution in [0.2, 0.25) is 0 Å². The summed E-state index contributed by atoms with van der Waals surface area (Å²) < 4.78 is 7.35. The van der Waals surface area contributed by atoms with Crippen molar-refractivity contribution < 1.29 is 20.1 Å². The normalized spacial score (nSPS) is 23.2. The minimum absolute atomic E-state index is 0.263. The Hall–Kier alpha value is -2.63. The Labute approximate surface area is 160 Å². The molecule has 0 saturated carbocycles. The smallest absolute Gasteiger partial charge is 0.167 e. The molecule has 2 aromatic heterocycles. The van der Waals surface area contributed by atoms with E-state index in [0.717, 1.165) is 5.56 Å². The molecule has 4 atom stereocenters. The lowest BCUT2D eigenvalue weighted by molar-refractivity contribution is -0.0432. The zero-order valence-corrected chi connectivity index (χ0v) is 15.0. The highest BCUT2D eigenvalue weighted by Gasteiger charge is 2.35. The molecule has 10 heteroatoms. The van der Waals surface area contributed by atoms with Gasteiger partial charge in [-0.1, -0.05) is 24.3 Å². The molecule has 0 aliphatic carbocycles. The maximum absolute atomic E-state index is 10.5. The van der Waals surface area contributed by atoms with Crippen molar-refractivity contribution in [2.45, 2.75) is 37.6 Å². The first-order chi connectivity index (χ1) is 13.6. The van der Waals surface area contributed by atoms with Crippen LogP contribution in [-0.2, 0) is 11.3 Å². The third-order valence-corrected chi connectivity index (χ3v) is 4.86. The van der Waals surface area contributed by atoms with E-state index in [0.29, 0.717) is 35.5 Å². The van der Waals surface area contributed by atoms with Gasteiger partial charge in [0.1, 0.15) is 18.7 Å². The molecule has 1 aliphatic heterocycles. The van der Waals surface area contributed by atoms with Crippen molar-refractivity contribution in [1.29, 1.82) is 0 Å². The van der Waals surface area contributed by atoms with Gasteiger partial charge in [0.05, 0.1) is 19.0 Å². The van der Waals surface area contributed by atoms with Crippen LogP contribution in [-0.4, -0.2) is 53.7 Å². The molecule has 28 heavy (non-hydrogen) atoms. The minimum Gasteiger partial charge on any atom is -0.394 e. The van der Waals surface area contributed by atoms with Gasteiger partial charge in [-0.15, -0.1) is 0 Å². The van der Waals surface area contributed by atoms with Crippen LogP contribution in [0.15, 0.2) is 36.9 Å². The molecule has 1 aliphatic rings. The Bertz CT molecular complexity index is 947. The van der Waals surface area contributed by atoms with Crippen LogP contribution in [0.3, 0.4) is 0 Å². The molecule has 1 aromatic carbocycles. The van der Waals surface area contributed by atoms with Gasteiger partial charge >= 0.3 is 0 Å². The summed E-state index contributed by atoms with van der Waals surface area (Å²) in [5.41, 5.74) is 8.19. The fourth-order valence-electron chi connectivity index (χ4n) is 3.27. The highest BCUT2D eigenvalue weighted by atomic mass is 16.5. The first kappa shape index (κ1) is 18.7. The van der Waals surface area contributed by atoms with Crippen LogP contribution in [0.25, 0.3) is 11.2 Å². The van der Waals surface area contributed by atoms with Gasteiger partial charge in [-0.25, -0.2) is 15.0 Å². The monoisotopic (exact) mass is 386 g/mol. The van der Waals surface area contributed by atoms with E-state index in [4.69, 9.17) is 10.5 Å². The van der Waals surface area contributed by atoms with Gasteiger partial charge in [-0.05, 0) is 5.56 Å². The lowest BCUT2D eigenvalue weighted by Gasteiger charge is -2.15. The number of imidazole rings is 1. The second kappa shape index (κ2) is 7.78. The third-order valence-electron chi connectivity index (χ3n) is 4.86. The molecule has 0 spiro atoms. The van der Waals surface area contributed by atoms with Gasteiger partial charge in [-0.3, -0.25) is 4.57 Å². The molecule has 6 N–H and O–H groups in total. The SMILES string of the molecule is NCc1ccc(C(O)Nc2ncnc3c2ncn3[C@H]2CC(O)[C@@H](CO)O2)cc1. The first-order valence-corrected chi connectivity index (χ1v) is 8.96. The summed E-state index contributed by atoms with van der Waals surface area (Å²) in [6.07, 6.45) is 0.350. The van der Waals surface area contributed by atoms with Crippen LogP contribution in [0.5, 0.6) is 0 Å². The zero-order chi connectivity index (χ0) is 19.7. The van der Waals surface area contributed by atoms with E-state index in [1.165, 1.54) is 6.33 Å². The van der Waals surface area contributed by atoms with Crippen molar-refractivity contribution in [3.63, 3.8) is 0 Å². The molecule has 1 saturated heterocycles. The number of ether oxygens (including phenoxy) is 1. The van der Waals surface area contributed by atoms with E-state index in [1.807, 2.05) is 12.1 Å². The average Bonchev–Trinajstić information content (AvgIpc) is 3.31. The number of fused-ring (bicyclic) bond motifs is 1. The number of nitrogens with zero attached hydrogens (tertiary/aromatic N) is 4. The number of rotatable bonds is 6. The summed E-state index contributed by atoms with van der Waals surface area (Å²) in [5.74, 6) is 0.372. The summed E-state index contributed by atoms with van der Waals surface area (Å²) >= 11 is 0. The quantitative estimate of drug-likeness (QED) is 0.369. The Morgan fingerprint density at radius 2 is 2.04 bits per heavy atom. The summed E-state index contributed by atoms with van der Waals surface area (Å²) in [6, 6.07) is 7.29. The molecule has 0 radical (unpaired) electrons. The lowest BCUT2D eigenvalue weighted by atomic mass is 10.1. The predicted molar refractivity (Wildman–Crippen MR) is 99.9 cm³/mol. The van der Waals surface area contributed by atoms with Crippen LogP contribution in [0.4, 0.5) is 5.82 Å². The molecule has 1 fully saturated rings. The molecule has 3 aromatic rings. The fourth-order valence-corrected chi connectivity index (χ4v) is 3.27. The highest BCUT2D eigenvalue weighted by Crippen LogP contribution is 2.32. The van der Waals surface area contributed by atoms with Gasteiger partial charge in [-0.2, -0.15) is 0 Å². The summed E-state index contributed by atoms with van der Waals surface area (Å²) in [6.45, 7) is 0.171. The molecule has 0 bridgehead atoms. The zero-order valence-electron chi connectivity index (χ0n) is 15.0. The first-order valence-electron chi connectivity index (χ1n) is 8.96. The second-order valence-corrected chi connectivity index (χ2v) is 6.65. The number of aromatic nitrogens is 4. The van der Waals surface area contributed by atoms with E-state index in [-0.39, 0.29) is 6.61 Å². The van der Waals surface area contributed by atoms with Crippen LogP contribution < -0.4 is 11.1 Å². The van der Waals surface area contributed by atoms with Gasteiger partial charge in [0.25, 0.3) is 0 Å². The Kier molecular flexibility index (Phi) is 5.20. The lowest BCUT2D eigenvalue weighted by Crippen LogP contribution is -2.24. The number of nitrogens with two attached hydrogens (primary N) is 1. The number of nitrogens with one attached hydrogen (secondary N) is 1. The second-order valence-electron chi connectivity index (χ2n) is 6.65. The van der Waals surface area contributed by atoms with Crippen LogP contribution in [0.1, 0.15) is 30.0 Å². The van der Waals surface area contributed by atoms with E-state index in [2.05, 4.69) is 20.3 Å². The molecule has 148 valence electrons. The molecule has 0 amide bonds. The number of anilines is 1. The Balaban J connectivity index is 1.58. The van der Waals surface area contributed by atoms with E-state index in [1.54, 1.807) is 23.0 Å². The standard InChI is InChI=1S/C18H22N6O4/c19-6-10-1-3-11(4-2-10)18(27)23-16-15-17(21-8-20-16)24(9-22-15)14-5-12(26)13(7-25)28-14/h1-4,8-9,12-14,18,25-27H,5-7,19H2,(H,20,21,23)/t12?,13-,14-,18?/m1/s1. The number of hydrogen-bond donors (Lipinski definition) is 5. The Morgan fingerprint density at radius 3 is 2.71 bits per heavy atom. The van der Waals surface area contributed by atoms with Crippen molar-refractivity contribution in [3.05, 3.63) is 48.0 Å². The Morgan fingerprint density at radius 1 is 1.25 bits per heavy atom. The number of aliphatic hydroxyl groups is 3. The molecule has 10 nitrogen and oxygen atoms in total.